The molecule has 3 heterocycles. The Labute approximate surface area is 109 Å². The van der Waals surface area contributed by atoms with Gasteiger partial charge in [-0.1, -0.05) is 0 Å². The summed E-state index contributed by atoms with van der Waals surface area (Å²) in [4.78, 5) is 17.2. The number of amides is 1. The third kappa shape index (κ3) is 2.39. The van der Waals surface area contributed by atoms with E-state index >= 15 is 0 Å². The lowest BCUT2D eigenvalue weighted by atomic mass is 10.2. The molecule has 0 radical (unpaired) electrons. The van der Waals surface area contributed by atoms with Crippen molar-refractivity contribution >= 4 is 22.2 Å². The van der Waals surface area contributed by atoms with Crippen LogP contribution in [0.2, 0.25) is 0 Å². The molecule has 0 unspecified atom stereocenters. The van der Waals surface area contributed by atoms with E-state index in [0.717, 1.165) is 29.9 Å². The lowest BCUT2D eigenvalue weighted by Gasteiger charge is -2.09. The van der Waals surface area contributed by atoms with Crippen LogP contribution < -0.4 is 5.32 Å². The molecule has 0 aliphatic carbocycles. The van der Waals surface area contributed by atoms with Gasteiger partial charge in [-0.05, 0) is 12.8 Å². The summed E-state index contributed by atoms with van der Waals surface area (Å²) in [6, 6.07) is 0. The van der Waals surface area contributed by atoms with Crippen molar-refractivity contribution in [3.05, 3.63) is 23.5 Å². The van der Waals surface area contributed by atoms with Crippen LogP contribution in [0.5, 0.6) is 0 Å². The number of carbonyl (C=O) groups excluding carboxylic acids is 1. The minimum absolute atomic E-state index is 0.00789. The van der Waals surface area contributed by atoms with E-state index in [1.807, 2.05) is 22.2 Å². The smallest absolute Gasteiger partial charge is 0.249 e. The molecule has 1 fully saturated rings. The largest absolute Gasteiger partial charge is 0.368 e. The Hall–Kier alpha value is -1.40. The van der Waals surface area contributed by atoms with Gasteiger partial charge in [0.15, 0.2) is 4.96 Å². The number of hydrogen-bond donors (Lipinski definition) is 1. The van der Waals surface area contributed by atoms with Crippen LogP contribution in [0.25, 0.3) is 4.96 Å². The van der Waals surface area contributed by atoms with Crippen molar-refractivity contribution in [1.29, 1.82) is 0 Å². The van der Waals surface area contributed by atoms with Crippen LogP contribution in [0.4, 0.5) is 0 Å². The molecule has 1 N–H and O–H groups in total. The third-order valence-corrected chi connectivity index (χ3v) is 3.82. The van der Waals surface area contributed by atoms with E-state index in [0.29, 0.717) is 13.2 Å². The maximum absolute atomic E-state index is 11.7. The number of aromatic nitrogens is 2. The zero-order valence-corrected chi connectivity index (χ0v) is 10.8. The van der Waals surface area contributed by atoms with Gasteiger partial charge in [-0.2, -0.15) is 0 Å². The number of nitrogens with one attached hydrogen (secondary N) is 1. The molecule has 96 valence electrons. The Kier molecular flexibility index (Phi) is 3.29. The summed E-state index contributed by atoms with van der Waals surface area (Å²) in [5.41, 5.74) is 1.01. The number of hydrogen-bond acceptors (Lipinski definition) is 4. The van der Waals surface area contributed by atoms with Gasteiger partial charge in [-0.3, -0.25) is 9.20 Å². The van der Waals surface area contributed by atoms with Crippen LogP contribution in [0.1, 0.15) is 18.5 Å². The molecule has 0 saturated carbocycles. The van der Waals surface area contributed by atoms with E-state index in [-0.39, 0.29) is 12.0 Å². The average Bonchev–Trinajstić information content (AvgIpc) is 3.05. The Morgan fingerprint density at radius 3 is 3.39 bits per heavy atom. The van der Waals surface area contributed by atoms with Crippen molar-refractivity contribution in [3.8, 4) is 0 Å². The highest BCUT2D eigenvalue weighted by atomic mass is 32.1. The molecule has 1 aliphatic heterocycles. The van der Waals surface area contributed by atoms with Crippen molar-refractivity contribution < 1.29 is 9.53 Å². The second kappa shape index (κ2) is 5.07. The molecule has 1 atom stereocenters. The summed E-state index contributed by atoms with van der Waals surface area (Å²) in [6.45, 7) is 1.32. The minimum Gasteiger partial charge on any atom is -0.368 e. The number of rotatable bonds is 4. The Bertz CT molecular complexity index is 514. The molecule has 3 rings (SSSR count). The summed E-state index contributed by atoms with van der Waals surface area (Å²) >= 11 is 1.61. The second-order valence-corrected chi connectivity index (χ2v) is 5.24. The number of fused-ring (bicyclic) bond motifs is 1. The molecule has 1 saturated heterocycles. The van der Waals surface area contributed by atoms with E-state index in [1.165, 1.54) is 0 Å². The van der Waals surface area contributed by atoms with Gasteiger partial charge >= 0.3 is 0 Å². The molecule has 1 aliphatic rings. The maximum Gasteiger partial charge on any atom is 0.249 e. The van der Waals surface area contributed by atoms with Crippen LogP contribution in [0.3, 0.4) is 0 Å². The first kappa shape index (κ1) is 11.7. The van der Waals surface area contributed by atoms with Gasteiger partial charge in [-0.25, -0.2) is 4.98 Å². The number of imidazole rings is 1. The van der Waals surface area contributed by atoms with Gasteiger partial charge in [-0.15, -0.1) is 11.3 Å². The highest BCUT2D eigenvalue weighted by Gasteiger charge is 2.22. The van der Waals surface area contributed by atoms with Gasteiger partial charge in [0.25, 0.3) is 0 Å². The van der Waals surface area contributed by atoms with Gasteiger partial charge in [0, 0.05) is 37.3 Å². The van der Waals surface area contributed by atoms with Crippen molar-refractivity contribution in [2.75, 3.05) is 13.2 Å². The van der Waals surface area contributed by atoms with E-state index in [4.69, 9.17) is 4.74 Å². The summed E-state index contributed by atoms with van der Waals surface area (Å²) in [6.07, 6.45) is 6.33. The lowest BCUT2D eigenvalue weighted by Crippen LogP contribution is -2.35. The van der Waals surface area contributed by atoms with Crippen LogP contribution in [0, 0.1) is 0 Å². The van der Waals surface area contributed by atoms with E-state index in [9.17, 15) is 4.79 Å². The zero-order chi connectivity index (χ0) is 12.4. The molecule has 1 amide bonds. The first-order valence-corrected chi connectivity index (χ1v) is 7.01. The fraction of sp³-hybridized carbons (Fsp3) is 0.500. The number of carbonyl (C=O) groups is 1. The average molecular weight is 265 g/mol. The molecule has 2 aromatic rings. The van der Waals surface area contributed by atoms with Crippen molar-refractivity contribution in [2.45, 2.75) is 25.4 Å². The fourth-order valence-corrected chi connectivity index (χ4v) is 2.83. The first-order chi connectivity index (χ1) is 8.83. The molecule has 0 aromatic carbocycles. The van der Waals surface area contributed by atoms with E-state index in [1.54, 1.807) is 11.3 Å². The number of nitrogens with zero attached hydrogens (tertiary/aromatic N) is 2. The van der Waals surface area contributed by atoms with Crippen LogP contribution in [0.15, 0.2) is 17.8 Å². The minimum atomic E-state index is -0.240. The van der Waals surface area contributed by atoms with Crippen LogP contribution in [-0.4, -0.2) is 34.5 Å². The SMILES string of the molecule is O=C(NCCc1cn2ccsc2n1)[C@H]1CCCO1. The Morgan fingerprint density at radius 2 is 2.61 bits per heavy atom. The molecular weight excluding hydrogens is 250 g/mol. The topological polar surface area (TPSA) is 55.6 Å². The molecule has 0 bridgehead atoms. The molecule has 0 spiro atoms. The Morgan fingerprint density at radius 1 is 1.67 bits per heavy atom. The molecule has 18 heavy (non-hydrogen) atoms. The summed E-state index contributed by atoms with van der Waals surface area (Å²) in [5, 5.41) is 4.91. The molecule has 6 heteroatoms. The predicted octanol–water partition coefficient (Wildman–Crippen LogP) is 1.23. The molecular formula is C12H15N3O2S. The lowest BCUT2D eigenvalue weighted by molar-refractivity contribution is -0.129. The fourth-order valence-electron chi connectivity index (χ4n) is 2.11. The van der Waals surface area contributed by atoms with Gasteiger partial charge < -0.3 is 10.1 Å². The summed E-state index contributed by atoms with van der Waals surface area (Å²) in [5.74, 6) is 0.00789. The molecule has 2 aromatic heterocycles. The number of ether oxygens (including phenoxy) is 1. The highest BCUT2D eigenvalue weighted by Crippen LogP contribution is 2.12. The standard InChI is InChI=1S/C12H15N3O2S/c16-11(10-2-1-6-17-10)13-4-3-9-8-15-5-7-18-12(15)14-9/h5,7-8,10H,1-4,6H2,(H,13,16)/t10-/m1/s1. The number of thiazole rings is 1. The normalized spacial score (nSPS) is 19.4. The van der Waals surface area contributed by atoms with E-state index in [2.05, 4.69) is 10.3 Å². The van der Waals surface area contributed by atoms with Gasteiger partial charge in [0.05, 0.1) is 5.69 Å². The molecule has 5 nitrogen and oxygen atoms in total. The van der Waals surface area contributed by atoms with Crippen LogP contribution >= 0.6 is 11.3 Å². The van der Waals surface area contributed by atoms with Gasteiger partial charge in [0.2, 0.25) is 5.91 Å². The van der Waals surface area contributed by atoms with Gasteiger partial charge in [0.1, 0.15) is 6.10 Å². The van der Waals surface area contributed by atoms with Crippen LogP contribution in [-0.2, 0) is 16.0 Å². The van der Waals surface area contributed by atoms with Crippen molar-refractivity contribution in [3.63, 3.8) is 0 Å². The summed E-state index contributed by atoms with van der Waals surface area (Å²) < 4.78 is 7.32. The zero-order valence-electron chi connectivity index (χ0n) is 9.96. The van der Waals surface area contributed by atoms with E-state index < -0.39 is 0 Å². The quantitative estimate of drug-likeness (QED) is 0.904. The summed E-state index contributed by atoms with van der Waals surface area (Å²) in [7, 11) is 0. The Balaban J connectivity index is 1.49. The monoisotopic (exact) mass is 265 g/mol. The maximum atomic E-state index is 11.7. The van der Waals surface area contributed by atoms with Crippen molar-refractivity contribution in [1.82, 2.24) is 14.7 Å². The highest BCUT2D eigenvalue weighted by molar-refractivity contribution is 7.15. The first-order valence-electron chi connectivity index (χ1n) is 6.13. The third-order valence-electron chi connectivity index (χ3n) is 3.05. The second-order valence-electron chi connectivity index (χ2n) is 4.37. The predicted molar refractivity (Wildman–Crippen MR) is 68.8 cm³/mol. The van der Waals surface area contributed by atoms with Crippen molar-refractivity contribution in [2.24, 2.45) is 0 Å².